The van der Waals surface area contributed by atoms with Crippen molar-refractivity contribution in [2.24, 2.45) is 0 Å². The van der Waals surface area contributed by atoms with Gasteiger partial charge in [0.1, 0.15) is 6.10 Å². The minimum Gasteiger partial charge on any atom is -0.370 e. The SMILES string of the molecule is Cc1ccccc1CS(=O)(=O)NCCCC(=O)N1CCOC(c2ccccc2)C1. The Kier molecular flexibility index (Phi) is 7.41. The second kappa shape index (κ2) is 10.0. The monoisotopic (exact) mass is 416 g/mol. The van der Waals surface area contributed by atoms with Crippen LogP contribution in [0.25, 0.3) is 0 Å². The van der Waals surface area contributed by atoms with Gasteiger partial charge in [-0.05, 0) is 30.0 Å². The Morgan fingerprint density at radius 1 is 1.14 bits per heavy atom. The first-order valence-electron chi connectivity index (χ1n) is 9.91. The maximum Gasteiger partial charge on any atom is 0.222 e. The summed E-state index contributed by atoms with van der Waals surface area (Å²) in [5.74, 6) is -0.0112. The van der Waals surface area contributed by atoms with Crippen molar-refractivity contribution < 1.29 is 17.9 Å². The normalized spacial score (nSPS) is 17.3. The summed E-state index contributed by atoms with van der Waals surface area (Å²) in [4.78, 5) is 14.3. The highest BCUT2D eigenvalue weighted by Crippen LogP contribution is 2.22. The zero-order valence-electron chi connectivity index (χ0n) is 16.7. The number of amides is 1. The number of carbonyl (C=O) groups is 1. The van der Waals surface area contributed by atoms with Gasteiger partial charge in [-0.2, -0.15) is 0 Å². The van der Waals surface area contributed by atoms with E-state index in [4.69, 9.17) is 4.74 Å². The van der Waals surface area contributed by atoms with E-state index >= 15 is 0 Å². The van der Waals surface area contributed by atoms with Crippen molar-refractivity contribution >= 4 is 15.9 Å². The van der Waals surface area contributed by atoms with E-state index in [9.17, 15) is 13.2 Å². The molecule has 1 atom stereocenters. The first-order valence-corrected chi connectivity index (χ1v) is 11.6. The fraction of sp³-hybridized carbons (Fsp3) is 0.409. The van der Waals surface area contributed by atoms with Gasteiger partial charge < -0.3 is 9.64 Å². The molecule has 1 fully saturated rings. The fourth-order valence-electron chi connectivity index (χ4n) is 3.40. The number of carbonyl (C=O) groups excluding carboxylic acids is 1. The Balaban J connectivity index is 1.43. The smallest absolute Gasteiger partial charge is 0.222 e. The van der Waals surface area contributed by atoms with Crippen LogP contribution in [0.4, 0.5) is 0 Å². The minimum absolute atomic E-state index is 0.0346. The van der Waals surface area contributed by atoms with Crippen LogP contribution in [0.1, 0.15) is 35.6 Å². The molecule has 7 heteroatoms. The summed E-state index contributed by atoms with van der Waals surface area (Å²) in [5.41, 5.74) is 2.80. The van der Waals surface area contributed by atoms with E-state index in [-0.39, 0.29) is 24.3 Å². The topological polar surface area (TPSA) is 75.7 Å². The van der Waals surface area contributed by atoms with E-state index in [1.807, 2.05) is 66.4 Å². The van der Waals surface area contributed by atoms with Crippen LogP contribution in [-0.4, -0.2) is 45.5 Å². The Hall–Kier alpha value is -2.22. The maximum atomic E-state index is 12.5. The third-order valence-corrected chi connectivity index (χ3v) is 6.42. The average Bonchev–Trinajstić information content (AvgIpc) is 2.73. The van der Waals surface area contributed by atoms with Crippen LogP contribution < -0.4 is 4.72 Å². The summed E-state index contributed by atoms with van der Waals surface area (Å²) in [5, 5.41) is 0. The first-order chi connectivity index (χ1) is 13.9. The second-order valence-corrected chi connectivity index (χ2v) is 9.10. The highest BCUT2D eigenvalue weighted by Gasteiger charge is 2.25. The van der Waals surface area contributed by atoms with Crippen molar-refractivity contribution in [2.45, 2.75) is 31.6 Å². The van der Waals surface area contributed by atoms with Crippen molar-refractivity contribution in [1.29, 1.82) is 0 Å². The predicted octanol–water partition coefficient (Wildman–Crippen LogP) is 2.79. The molecule has 2 aromatic rings. The van der Waals surface area contributed by atoms with E-state index in [1.165, 1.54) is 0 Å². The number of hydrogen-bond acceptors (Lipinski definition) is 4. The number of aryl methyl sites for hydroxylation is 1. The highest BCUT2D eigenvalue weighted by molar-refractivity contribution is 7.88. The number of benzene rings is 2. The van der Waals surface area contributed by atoms with Gasteiger partial charge in [-0.1, -0.05) is 54.6 Å². The van der Waals surface area contributed by atoms with E-state index < -0.39 is 10.0 Å². The molecule has 1 unspecified atom stereocenters. The summed E-state index contributed by atoms with van der Waals surface area (Å²) in [6.45, 7) is 3.76. The molecule has 1 N–H and O–H groups in total. The van der Waals surface area contributed by atoms with Gasteiger partial charge in [-0.25, -0.2) is 13.1 Å². The van der Waals surface area contributed by atoms with Crippen LogP contribution in [0.15, 0.2) is 54.6 Å². The van der Waals surface area contributed by atoms with Crippen LogP contribution in [0, 0.1) is 6.92 Å². The summed E-state index contributed by atoms with van der Waals surface area (Å²) in [6.07, 6.45) is 0.676. The molecule has 0 aliphatic carbocycles. The Labute approximate surface area is 172 Å². The molecule has 2 aromatic carbocycles. The van der Waals surface area contributed by atoms with Crippen LogP contribution in [0.3, 0.4) is 0 Å². The number of sulfonamides is 1. The van der Waals surface area contributed by atoms with Crippen LogP contribution in [0.5, 0.6) is 0 Å². The lowest BCUT2D eigenvalue weighted by molar-refractivity contribution is -0.139. The molecule has 1 heterocycles. The van der Waals surface area contributed by atoms with Gasteiger partial charge in [0.25, 0.3) is 0 Å². The molecule has 0 spiro atoms. The van der Waals surface area contributed by atoms with Crippen molar-refractivity contribution in [2.75, 3.05) is 26.2 Å². The van der Waals surface area contributed by atoms with Crippen LogP contribution in [-0.2, 0) is 25.3 Å². The molecule has 1 aliphatic rings. The molecule has 0 radical (unpaired) electrons. The number of morpholine rings is 1. The lowest BCUT2D eigenvalue weighted by Crippen LogP contribution is -2.42. The van der Waals surface area contributed by atoms with E-state index in [2.05, 4.69) is 4.72 Å². The molecule has 29 heavy (non-hydrogen) atoms. The van der Waals surface area contributed by atoms with Gasteiger partial charge in [0, 0.05) is 19.5 Å². The van der Waals surface area contributed by atoms with Gasteiger partial charge in [0.15, 0.2) is 0 Å². The molecule has 6 nitrogen and oxygen atoms in total. The van der Waals surface area contributed by atoms with Gasteiger partial charge >= 0.3 is 0 Å². The average molecular weight is 417 g/mol. The van der Waals surface area contributed by atoms with Gasteiger partial charge in [-0.3, -0.25) is 4.79 Å². The Bertz CT molecular complexity index is 915. The molecular weight excluding hydrogens is 388 g/mol. The van der Waals surface area contributed by atoms with Crippen molar-refractivity contribution in [3.05, 3.63) is 71.3 Å². The molecule has 0 aromatic heterocycles. The maximum absolute atomic E-state index is 12.5. The summed E-state index contributed by atoms with van der Waals surface area (Å²) < 4.78 is 33.0. The lowest BCUT2D eigenvalue weighted by atomic mass is 10.1. The number of ether oxygens (including phenoxy) is 1. The predicted molar refractivity (Wildman–Crippen MR) is 113 cm³/mol. The summed E-state index contributed by atoms with van der Waals surface area (Å²) >= 11 is 0. The number of rotatable bonds is 8. The third-order valence-electron chi connectivity index (χ3n) is 5.09. The number of hydrogen-bond donors (Lipinski definition) is 1. The molecule has 0 saturated carbocycles. The lowest BCUT2D eigenvalue weighted by Gasteiger charge is -2.33. The molecule has 3 rings (SSSR count). The Morgan fingerprint density at radius 3 is 2.62 bits per heavy atom. The van der Waals surface area contributed by atoms with Crippen molar-refractivity contribution in [3.8, 4) is 0 Å². The van der Waals surface area contributed by atoms with E-state index in [0.717, 1.165) is 16.7 Å². The zero-order chi connectivity index (χ0) is 20.7. The van der Waals surface area contributed by atoms with E-state index in [0.29, 0.717) is 32.5 Å². The number of nitrogens with zero attached hydrogens (tertiary/aromatic N) is 1. The van der Waals surface area contributed by atoms with Gasteiger partial charge in [0.2, 0.25) is 15.9 Å². The third kappa shape index (κ3) is 6.39. The standard InChI is InChI=1S/C22H28N2O4S/c1-18-8-5-6-11-20(18)17-29(26,27)23-13-7-12-22(25)24-14-15-28-21(16-24)19-9-3-2-4-10-19/h2-6,8-11,21,23H,7,12-17H2,1H3. The minimum atomic E-state index is -3.42. The number of nitrogens with one attached hydrogen (secondary N) is 1. The summed E-state index contributed by atoms with van der Waals surface area (Å²) in [7, 11) is -3.42. The largest absolute Gasteiger partial charge is 0.370 e. The molecule has 1 aliphatic heterocycles. The van der Waals surface area contributed by atoms with Crippen LogP contribution >= 0.6 is 0 Å². The molecule has 1 saturated heterocycles. The van der Waals surface area contributed by atoms with Crippen molar-refractivity contribution in [1.82, 2.24) is 9.62 Å². The zero-order valence-corrected chi connectivity index (χ0v) is 17.5. The first kappa shape index (κ1) is 21.5. The van der Waals surface area contributed by atoms with E-state index in [1.54, 1.807) is 0 Å². The summed E-state index contributed by atoms with van der Waals surface area (Å²) in [6, 6.07) is 17.3. The van der Waals surface area contributed by atoms with Gasteiger partial charge in [0.05, 0.1) is 18.9 Å². The van der Waals surface area contributed by atoms with Crippen LogP contribution in [0.2, 0.25) is 0 Å². The molecule has 0 bridgehead atoms. The highest BCUT2D eigenvalue weighted by atomic mass is 32.2. The molecule has 156 valence electrons. The van der Waals surface area contributed by atoms with Crippen molar-refractivity contribution in [3.63, 3.8) is 0 Å². The Morgan fingerprint density at radius 2 is 1.86 bits per heavy atom. The molecule has 1 amide bonds. The second-order valence-electron chi connectivity index (χ2n) is 7.29. The van der Waals surface area contributed by atoms with Gasteiger partial charge in [-0.15, -0.1) is 0 Å². The quantitative estimate of drug-likeness (QED) is 0.672. The fourth-order valence-corrected chi connectivity index (χ4v) is 4.69. The molecular formula is C22H28N2O4S.